The number of carbonyl (C=O) groups is 2. The zero-order chi connectivity index (χ0) is 13.8. The van der Waals surface area contributed by atoms with Crippen molar-refractivity contribution in [1.29, 1.82) is 0 Å². The number of esters is 1. The van der Waals surface area contributed by atoms with E-state index in [-0.39, 0.29) is 12.6 Å². The summed E-state index contributed by atoms with van der Waals surface area (Å²) in [7, 11) is -2.14. The predicted octanol–water partition coefficient (Wildman–Crippen LogP) is -0.0248. The fourth-order valence-electron chi connectivity index (χ4n) is 2.15. The van der Waals surface area contributed by atoms with Crippen LogP contribution in [0.4, 0.5) is 0 Å². The molecule has 0 aromatic carbocycles. The van der Waals surface area contributed by atoms with Crippen LogP contribution in [0, 0.1) is 0 Å². The van der Waals surface area contributed by atoms with Gasteiger partial charge in [-0.2, -0.15) is 0 Å². The second-order valence-corrected chi connectivity index (χ2v) is 6.75. The number of ether oxygens (including phenoxy) is 1. The van der Waals surface area contributed by atoms with Crippen molar-refractivity contribution in [2.45, 2.75) is 31.7 Å². The number of carbonyl (C=O) groups excluding carboxylic acids is 2. The van der Waals surface area contributed by atoms with Gasteiger partial charge in [0, 0.05) is 12.3 Å². The van der Waals surface area contributed by atoms with Gasteiger partial charge in [0.05, 0.1) is 7.11 Å². The van der Waals surface area contributed by atoms with Crippen LogP contribution in [-0.2, 0) is 24.2 Å². The van der Waals surface area contributed by atoms with Crippen LogP contribution in [0.2, 0.25) is 0 Å². The summed E-state index contributed by atoms with van der Waals surface area (Å²) in [5, 5.41) is 0. The summed E-state index contributed by atoms with van der Waals surface area (Å²) in [6, 6.07) is -0.0432. The smallest absolute Gasteiger partial charge is 0.325 e. The van der Waals surface area contributed by atoms with E-state index in [1.165, 1.54) is 12.0 Å². The molecule has 0 atom stereocenters. The van der Waals surface area contributed by atoms with Crippen molar-refractivity contribution < 1.29 is 22.7 Å². The average Bonchev–Trinajstić information content (AvgIpc) is 2.75. The molecule has 1 saturated carbocycles. The third-order valence-corrected chi connectivity index (χ3v) is 3.77. The van der Waals surface area contributed by atoms with Crippen LogP contribution in [0.15, 0.2) is 0 Å². The topological polar surface area (TPSA) is 80.8 Å². The second-order valence-electron chi connectivity index (χ2n) is 4.61. The Morgan fingerprint density at radius 1 is 1.28 bits per heavy atom. The van der Waals surface area contributed by atoms with Gasteiger partial charge in [0.25, 0.3) is 0 Å². The molecule has 1 amide bonds. The molecule has 0 aromatic heterocycles. The van der Waals surface area contributed by atoms with Gasteiger partial charge in [-0.25, -0.2) is 8.42 Å². The largest absolute Gasteiger partial charge is 0.468 e. The van der Waals surface area contributed by atoms with Crippen LogP contribution in [-0.4, -0.2) is 56.9 Å². The van der Waals surface area contributed by atoms with Crippen molar-refractivity contribution in [3.8, 4) is 0 Å². The fourth-order valence-corrected chi connectivity index (χ4v) is 2.76. The van der Waals surface area contributed by atoms with Gasteiger partial charge in [-0.05, 0) is 12.8 Å². The number of sulfone groups is 1. The summed E-state index contributed by atoms with van der Waals surface area (Å²) in [6.45, 7) is -0.171. The van der Waals surface area contributed by atoms with E-state index < -0.39 is 27.5 Å². The zero-order valence-corrected chi connectivity index (χ0v) is 11.5. The van der Waals surface area contributed by atoms with E-state index in [0.717, 1.165) is 31.9 Å². The molecule has 0 N–H and O–H groups in total. The minimum atomic E-state index is -3.38. The molecular formula is C11H19NO5S. The van der Waals surface area contributed by atoms with Gasteiger partial charge >= 0.3 is 5.97 Å². The van der Waals surface area contributed by atoms with E-state index in [1.807, 2.05) is 0 Å². The van der Waals surface area contributed by atoms with Gasteiger partial charge in [0.2, 0.25) is 5.91 Å². The number of hydrogen-bond acceptors (Lipinski definition) is 5. The van der Waals surface area contributed by atoms with E-state index in [2.05, 4.69) is 4.74 Å². The highest BCUT2D eigenvalue weighted by Gasteiger charge is 2.30. The molecule has 104 valence electrons. The summed E-state index contributed by atoms with van der Waals surface area (Å²) in [4.78, 5) is 24.6. The number of nitrogens with zero attached hydrogens (tertiary/aromatic N) is 1. The van der Waals surface area contributed by atoms with Crippen LogP contribution < -0.4 is 0 Å². The standard InChI is InChI=1S/C11H19NO5S/c1-17-11(14)7-12(9-5-3-4-6-9)10(13)8-18(2,15)16/h9H,3-8H2,1-2H3. The molecule has 18 heavy (non-hydrogen) atoms. The van der Waals surface area contributed by atoms with Crippen molar-refractivity contribution in [1.82, 2.24) is 4.90 Å². The van der Waals surface area contributed by atoms with Crippen LogP contribution in [0.5, 0.6) is 0 Å². The molecule has 0 bridgehead atoms. The van der Waals surface area contributed by atoms with Crippen LogP contribution in [0.3, 0.4) is 0 Å². The molecule has 0 spiro atoms. The number of methoxy groups -OCH3 is 1. The Kier molecular flexibility index (Phi) is 5.13. The first-order chi connectivity index (χ1) is 8.33. The summed E-state index contributed by atoms with van der Waals surface area (Å²) < 4.78 is 26.8. The Morgan fingerprint density at radius 2 is 1.83 bits per heavy atom. The predicted molar refractivity (Wildman–Crippen MR) is 65.7 cm³/mol. The van der Waals surface area contributed by atoms with Crippen molar-refractivity contribution in [3.05, 3.63) is 0 Å². The third kappa shape index (κ3) is 4.64. The maximum atomic E-state index is 11.9. The number of hydrogen-bond donors (Lipinski definition) is 0. The third-order valence-electron chi connectivity index (χ3n) is 3.00. The first-order valence-electron chi connectivity index (χ1n) is 5.87. The summed E-state index contributed by atoms with van der Waals surface area (Å²) >= 11 is 0. The van der Waals surface area contributed by atoms with Gasteiger partial charge < -0.3 is 9.64 Å². The Bertz CT molecular complexity index is 411. The molecule has 0 aliphatic heterocycles. The average molecular weight is 277 g/mol. The van der Waals surface area contributed by atoms with Gasteiger partial charge in [-0.15, -0.1) is 0 Å². The van der Waals surface area contributed by atoms with Crippen molar-refractivity contribution in [2.75, 3.05) is 25.7 Å². The molecule has 0 saturated heterocycles. The molecule has 7 heteroatoms. The Hall–Kier alpha value is -1.11. The summed E-state index contributed by atoms with van der Waals surface area (Å²) in [5.74, 6) is -1.60. The lowest BCUT2D eigenvalue weighted by atomic mass is 10.2. The van der Waals surface area contributed by atoms with Crippen LogP contribution in [0.1, 0.15) is 25.7 Å². The van der Waals surface area contributed by atoms with Gasteiger partial charge in [-0.3, -0.25) is 9.59 Å². The highest BCUT2D eigenvalue weighted by molar-refractivity contribution is 7.91. The molecule has 1 fully saturated rings. The molecule has 0 radical (unpaired) electrons. The Balaban J connectivity index is 2.75. The van der Waals surface area contributed by atoms with E-state index >= 15 is 0 Å². The lowest BCUT2D eigenvalue weighted by Crippen LogP contribution is -2.45. The van der Waals surface area contributed by atoms with Crippen LogP contribution >= 0.6 is 0 Å². The van der Waals surface area contributed by atoms with E-state index in [1.54, 1.807) is 0 Å². The summed E-state index contributed by atoms with van der Waals surface area (Å²) in [6.07, 6.45) is 4.62. The monoisotopic (exact) mass is 277 g/mol. The molecular weight excluding hydrogens is 258 g/mol. The zero-order valence-electron chi connectivity index (χ0n) is 10.7. The minimum Gasteiger partial charge on any atom is -0.468 e. The second kappa shape index (κ2) is 6.17. The van der Waals surface area contributed by atoms with E-state index in [4.69, 9.17) is 0 Å². The fraction of sp³-hybridized carbons (Fsp3) is 0.818. The maximum absolute atomic E-state index is 11.9. The summed E-state index contributed by atoms with van der Waals surface area (Å²) in [5.41, 5.74) is 0. The molecule has 1 aliphatic carbocycles. The highest BCUT2D eigenvalue weighted by atomic mass is 32.2. The lowest BCUT2D eigenvalue weighted by molar-refractivity contribution is -0.147. The van der Waals surface area contributed by atoms with Gasteiger partial charge in [-0.1, -0.05) is 12.8 Å². The van der Waals surface area contributed by atoms with Crippen LogP contribution in [0.25, 0.3) is 0 Å². The van der Waals surface area contributed by atoms with Crippen molar-refractivity contribution in [2.24, 2.45) is 0 Å². The quantitative estimate of drug-likeness (QED) is 0.659. The molecule has 1 aliphatic rings. The van der Waals surface area contributed by atoms with Gasteiger partial charge in [0.15, 0.2) is 9.84 Å². The molecule has 0 heterocycles. The molecule has 0 unspecified atom stereocenters. The number of amides is 1. The first kappa shape index (κ1) is 14.9. The Labute approximate surface area is 107 Å². The molecule has 1 rings (SSSR count). The van der Waals surface area contributed by atoms with Gasteiger partial charge in [0.1, 0.15) is 12.3 Å². The maximum Gasteiger partial charge on any atom is 0.325 e. The van der Waals surface area contributed by atoms with Crippen molar-refractivity contribution >= 4 is 21.7 Å². The highest BCUT2D eigenvalue weighted by Crippen LogP contribution is 2.23. The normalized spacial score (nSPS) is 16.6. The number of rotatable bonds is 5. The molecule has 0 aromatic rings. The minimum absolute atomic E-state index is 0.0432. The SMILES string of the molecule is COC(=O)CN(C(=O)CS(C)(=O)=O)C1CCCC1. The Morgan fingerprint density at radius 3 is 2.28 bits per heavy atom. The molecule has 6 nitrogen and oxygen atoms in total. The van der Waals surface area contributed by atoms with Crippen molar-refractivity contribution in [3.63, 3.8) is 0 Å². The van der Waals surface area contributed by atoms with E-state index in [9.17, 15) is 18.0 Å². The van der Waals surface area contributed by atoms with E-state index in [0.29, 0.717) is 0 Å². The lowest BCUT2D eigenvalue weighted by Gasteiger charge is -2.27. The first-order valence-corrected chi connectivity index (χ1v) is 7.93.